The van der Waals surface area contributed by atoms with Gasteiger partial charge in [-0.15, -0.1) is 5.10 Å². The smallest absolute Gasteiger partial charge is 0.203 e. The third-order valence-corrected chi connectivity index (χ3v) is 5.88. The van der Waals surface area contributed by atoms with Crippen LogP contribution in [-0.4, -0.2) is 37.9 Å². The Morgan fingerprint density at radius 2 is 1.72 bits per heavy atom. The second-order valence-electron chi connectivity index (χ2n) is 7.67. The van der Waals surface area contributed by atoms with Gasteiger partial charge in [-0.25, -0.2) is 4.39 Å². The van der Waals surface area contributed by atoms with E-state index in [0.29, 0.717) is 5.82 Å². The summed E-state index contributed by atoms with van der Waals surface area (Å²) in [4.78, 5) is 2.44. The molecule has 0 radical (unpaired) electrons. The number of aromatic nitrogens is 5. The number of anilines is 1. The first-order chi connectivity index (χ1) is 14.3. The highest BCUT2D eigenvalue weighted by Gasteiger charge is 2.24. The lowest BCUT2D eigenvalue weighted by Crippen LogP contribution is -2.18. The minimum atomic E-state index is -0.234. The van der Waals surface area contributed by atoms with Crippen LogP contribution in [0.2, 0.25) is 0 Å². The molecule has 0 aliphatic carbocycles. The maximum atomic E-state index is 13.3. The molecule has 0 unspecified atom stereocenters. The first kappa shape index (κ1) is 16.5. The van der Waals surface area contributed by atoms with Crippen molar-refractivity contribution in [2.45, 2.75) is 19.4 Å². The molecule has 1 fully saturated rings. The van der Waals surface area contributed by atoms with E-state index in [4.69, 9.17) is 0 Å². The molecular weight excluding hydrogens is 367 g/mol. The van der Waals surface area contributed by atoms with Crippen molar-refractivity contribution in [3.05, 3.63) is 66.1 Å². The monoisotopic (exact) mass is 386 g/mol. The van der Waals surface area contributed by atoms with Gasteiger partial charge in [0.1, 0.15) is 5.82 Å². The summed E-state index contributed by atoms with van der Waals surface area (Å²) in [7, 11) is 0. The van der Waals surface area contributed by atoms with Gasteiger partial charge in [0, 0.05) is 37.1 Å². The standard InChI is InChI=1S/C22H19FN6/c23-18-5-3-15(4-6-18)16-12-21-22-24-25-26-29(22)20-8-7-19(27-9-1-2-10-27)11-17(20)14-28(21)13-16/h3-8,11-13H,1-2,9-10,14H2. The van der Waals surface area contributed by atoms with Crippen molar-refractivity contribution in [3.63, 3.8) is 0 Å². The number of benzene rings is 2. The molecule has 0 N–H and O–H groups in total. The van der Waals surface area contributed by atoms with Crippen LogP contribution >= 0.6 is 0 Å². The highest BCUT2D eigenvalue weighted by molar-refractivity contribution is 5.71. The Bertz CT molecular complexity index is 1200. The first-order valence-corrected chi connectivity index (χ1v) is 9.89. The molecule has 29 heavy (non-hydrogen) atoms. The first-order valence-electron chi connectivity index (χ1n) is 9.89. The van der Waals surface area contributed by atoms with Crippen LogP contribution in [0.3, 0.4) is 0 Å². The van der Waals surface area contributed by atoms with E-state index in [2.05, 4.69) is 55.5 Å². The zero-order valence-electron chi connectivity index (χ0n) is 15.8. The summed E-state index contributed by atoms with van der Waals surface area (Å²) >= 11 is 0. The number of hydrogen-bond acceptors (Lipinski definition) is 4. The molecule has 1 saturated heterocycles. The molecule has 2 aliphatic rings. The lowest BCUT2D eigenvalue weighted by Gasteiger charge is -2.19. The van der Waals surface area contributed by atoms with Crippen LogP contribution in [-0.2, 0) is 6.54 Å². The number of rotatable bonds is 2. The molecule has 6 nitrogen and oxygen atoms in total. The highest BCUT2D eigenvalue weighted by atomic mass is 19.1. The zero-order valence-corrected chi connectivity index (χ0v) is 15.8. The summed E-state index contributed by atoms with van der Waals surface area (Å²) in [6, 6.07) is 15.2. The third kappa shape index (κ3) is 2.65. The van der Waals surface area contributed by atoms with Crippen molar-refractivity contribution < 1.29 is 4.39 Å². The predicted octanol–water partition coefficient (Wildman–Crippen LogP) is 3.90. The zero-order chi connectivity index (χ0) is 19.4. The Labute approximate surface area is 167 Å². The second kappa shape index (κ2) is 6.27. The summed E-state index contributed by atoms with van der Waals surface area (Å²) in [6.07, 6.45) is 4.59. The van der Waals surface area contributed by atoms with Crippen molar-refractivity contribution in [2.75, 3.05) is 18.0 Å². The number of halogens is 1. The van der Waals surface area contributed by atoms with Crippen molar-refractivity contribution in [3.8, 4) is 28.3 Å². The fourth-order valence-electron chi connectivity index (χ4n) is 4.40. The lowest BCUT2D eigenvalue weighted by molar-refractivity contribution is 0.628. The van der Waals surface area contributed by atoms with Crippen molar-refractivity contribution in [1.29, 1.82) is 0 Å². The molecule has 0 spiro atoms. The Kier molecular flexibility index (Phi) is 3.56. The van der Waals surface area contributed by atoms with Crippen molar-refractivity contribution in [2.24, 2.45) is 0 Å². The highest BCUT2D eigenvalue weighted by Crippen LogP contribution is 2.34. The van der Waals surface area contributed by atoms with Gasteiger partial charge in [0.2, 0.25) is 5.82 Å². The van der Waals surface area contributed by atoms with E-state index in [9.17, 15) is 4.39 Å². The van der Waals surface area contributed by atoms with Gasteiger partial charge in [-0.05, 0) is 70.8 Å². The third-order valence-electron chi connectivity index (χ3n) is 5.88. The number of nitrogens with zero attached hydrogens (tertiary/aromatic N) is 6. The van der Waals surface area contributed by atoms with Gasteiger partial charge in [0.15, 0.2) is 0 Å². The summed E-state index contributed by atoms with van der Waals surface area (Å²) < 4.78 is 17.3. The van der Waals surface area contributed by atoms with Crippen LogP contribution in [0.5, 0.6) is 0 Å². The van der Waals surface area contributed by atoms with E-state index in [1.54, 1.807) is 12.1 Å². The average Bonchev–Trinajstić information content (AvgIpc) is 3.48. The summed E-state index contributed by atoms with van der Waals surface area (Å²) in [5.74, 6) is 0.480. The van der Waals surface area contributed by atoms with E-state index in [-0.39, 0.29) is 5.82 Å². The molecule has 7 heteroatoms. The van der Waals surface area contributed by atoms with Gasteiger partial charge >= 0.3 is 0 Å². The molecule has 0 saturated carbocycles. The van der Waals surface area contributed by atoms with Crippen LogP contribution in [0.25, 0.3) is 28.3 Å². The maximum absolute atomic E-state index is 13.3. The summed E-state index contributed by atoms with van der Waals surface area (Å²) in [5.41, 5.74) is 6.40. The normalized spacial score (nSPS) is 15.0. The lowest BCUT2D eigenvalue weighted by atomic mass is 10.1. The minimum absolute atomic E-state index is 0.234. The summed E-state index contributed by atoms with van der Waals surface area (Å²) in [6.45, 7) is 2.94. The number of fused-ring (bicyclic) bond motifs is 5. The van der Waals surface area contributed by atoms with Crippen molar-refractivity contribution >= 4 is 5.69 Å². The topological polar surface area (TPSA) is 51.8 Å². The molecule has 0 bridgehead atoms. The van der Waals surface area contributed by atoms with Gasteiger partial charge < -0.3 is 9.47 Å². The molecule has 6 rings (SSSR count). The van der Waals surface area contributed by atoms with Gasteiger partial charge in [-0.1, -0.05) is 12.1 Å². The van der Waals surface area contributed by atoms with Gasteiger partial charge in [0.05, 0.1) is 11.4 Å². The number of tetrazole rings is 1. The molecule has 4 heterocycles. The SMILES string of the molecule is Fc1ccc(-c2cc3n(c2)Cc2cc(N4CCCC4)ccc2-n2nnnc2-3)cc1. The minimum Gasteiger partial charge on any atom is -0.372 e. The largest absolute Gasteiger partial charge is 0.372 e. The molecule has 2 aliphatic heterocycles. The predicted molar refractivity (Wildman–Crippen MR) is 109 cm³/mol. The van der Waals surface area contributed by atoms with Crippen LogP contribution in [0.15, 0.2) is 54.7 Å². The quantitative estimate of drug-likeness (QED) is 0.462. The Morgan fingerprint density at radius 1 is 0.897 bits per heavy atom. The van der Waals surface area contributed by atoms with E-state index >= 15 is 0 Å². The maximum Gasteiger partial charge on any atom is 0.203 e. The van der Waals surface area contributed by atoms with Crippen LogP contribution in [0.4, 0.5) is 10.1 Å². The van der Waals surface area contributed by atoms with E-state index in [1.165, 1.54) is 36.2 Å². The summed E-state index contributed by atoms with van der Waals surface area (Å²) in [5, 5.41) is 12.5. The average molecular weight is 386 g/mol. The molecule has 0 atom stereocenters. The van der Waals surface area contributed by atoms with Crippen molar-refractivity contribution in [1.82, 2.24) is 24.8 Å². The van der Waals surface area contributed by atoms with E-state index in [0.717, 1.165) is 42.1 Å². The fraction of sp³-hybridized carbons (Fsp3) is 0.227. The Morgan fingerprint density at radius 3 is 2.55 bits per heavy atom. The fourth-order valence-corrected chi connectivity index (χ4v) is 4.40. The van der Waals surface area contributed by atoms with Crippen LogP contribution in [0, 0.1) is 5.82 Å². The molecule has 2 aromatic heterocycles. The van der Waals surface area contributed by atoms with Crippen LogP contribution in [0.1, 0.15) is 18.4 Å². The Balaban J connectivity index is 1.48. The van der Waals surface area contributed by atoms with Gasteiger partial charge in [0.25, 0.3) is 0 Å². The molecule has 2 aromatic carbocycles. The molecule has 0 amide bonds. The van der Waals surface area contributed by atoms with Gasteiger partial charge in [-0.2, -0.15) is 4.68 Å². The Hall–Kier alpha value is -3.48. The van der Waals surface area contributed by atoms with Crippen LogP contribution < -0.4 is 4.90 Å². The second-order valence-corrected chi connectivity index (χ2v) is 7.67. The molecule has 144 valence electrons. The molecule has 4 aromatic rings. The van der Waals surface area contributed by atoms with Gasteiger partial charge in [-0.3, -0.25) is 0 Å². The van der Waals surface area contributed by atoms with E-state index in [1.807, 2.05) is 4.68 Å². The van der Waals surface area contributed by atoms with E-state index < -0.39 is 0 Å². The number of hydrogen-bond donors (Lipinski definition) is 0. The molecular formula is C22H19FN6.